The summed E-state index contributed by atoms with van der Waals surface area (Å²) < 4.78 is 27.9. The normalized spacial score (nSPS) is 13.1. The van der Waals surface area contributed by atoms with Crippen molar-refractivity contribution in [2.45, 2.75) is 19.9 Å². The molecule has 19 heavy (non-hydrogen) atoms. The van der Waals surface area contributed by atoms with Crippen molar-refractivity contribution in [1.82, 2.24) is 0 Å². The summed E-state index contributed by atoms with van der Waals surface area (Å²) in [5.74, 6) is -1.68. The van der Waals surface area contributed by atoms with Crippen LogP contribution >= 0.6 is 0 Å². The van der Waals surface area contributed by atoms with E-state index in [0.717, 1.165) is 23.8 Å². The molecule has 0 fully saturated rings. The third kappa shape index (κ3) is 4.65. The van der Waals surface area contributed by atoms with Crippen LogP contribution in [0.4, 0.5) is 0 Å². The summed E-state index contributed by atoms with van der Waals surface area (Å²) in [6, 6.07) is 4.93. The van der Waals surface area contributed by atoms with Crippen LogP contribution in [0.5, 0.6) is 0 Å². The number of sulfone groups is 1. The van der Waals surface area contributed by atoms with Crippen molar-refractivity contribution >= 4 is 15.8 Å². The molecule has 5 nitrogen and oxygen atoms in total. The maximum atomic E-state index is 11.8. The lowest BCUT2D eigenvalue weighted by molar-refractivity contribution is -0.137. The number of aryl methyl sites for hydroxylation is 2. The highest BCUT2D eigenvalue weighted by Gasteiger charge is 2.21. The van der Waals surface area contributed by atoms with Gasteiger partial charge in [0, 0.05) is 6.04 Å². The molecule has 0 aliphatic carbocycles. The number of hydrogen-bond acceptors (Lipinski definition) is 5. The topological polar surface area (TPSA) is 86.5 Å². The van der Waals surface area contributed by atoms with E-state index in [9.17, 15) is 13.2 Å². The van der Waals surface area contributed by atoms with Crippen LogP contribution < -0.4 is 5.73 Å². The number of carbonyl (C=O) groups is 1. The van der Waals surface area contributed by atoms with Gasteiger partial charge in [0.25, 0.3) is 0 Å². The molecule has 1 atom stereocenters. The zero-order valence-electron chi connectivity index (χ0n) is 11.3. The lowest BCUT2D eigenvalue weighted by atomic mass is 10.0. The lowest BCUT2D eigenvalue weighted by Gasteiger charge is -2.13. The second kappa shape index (κ2) is 6.16. The van der Waals surface area contributed by atoms with E-state index in [4.69, 9.17) is 5.73 Å². The minimum absolute atomic E-state index is 0.273. The molecular weight excluding hydrogens is 266 g/mol. The summed E-state index contributed by atoms with van der Waals surface area (Å²) in [6.07, 6.45) is 0. The van der Waals surface area contributed by atoms with E-state index < -0.39 is 27.6 Å². The molecule has 6 heteroatoms. The molecule has 0 heterocycles. The number of methoxy groups -OCH3 is 1. The first-order valence-corrected chi connectivity index (χ1v) is 7.67. The van der Waals surface area contributed by atoms with Gasteiger partial charge in [-0.2, -0.15) is 0 Å². The molecule has 0 saturated carbocycles. The van der Waals surface area contributed by atoms with E-state index >= 15 is 0 Å². The summed E-state index contributed by atoms with van der Waals surface area (Å²) in [5, 5.41) is 0. The van der Waals surface area contributed by atoms with Crippen molar-refractivity contribution in [2.75, 3.05) is 18.6 Å². The molecule has 1 rings (SSSR count). The number of ether oxygens (including phenoxy) is 1. The number of benzene rings is 1. The first-order chi connectivity index (χ1) is 8.75. The van der Waals surface area contributed by atoms with E-state index in [1.165, 1.54) is 0 Å². The van der Waals surface area contributed by atoms with E-state index in [1.54, 1.807) is 6.07 Å². The Hall–Kier alpha value is -1.40. The molecule has 2 N–H and O–H groups in total. The van der Waals surface area contributed by atoms with Gasteiger partial charge < -0.3 is 10.5 Å². The van der Waals surface area contributed by atoms with Gasteiger partial charge in [-0.05, 0) is 30.5 Å². The fourth-order valence-corrected chi connectivity index (χ4v) is 3.00. The van der Waals surface area contributed by atoms with Crippen molar-refractivity contribution in [3.8, 4) is 0 Å². The smallest absolute Gasteiger partial charge is 0.320 e. The van der Waals surface area contributed by atoms with Crippen LogP contribution in [0.15, 0.2) is 18.2 Å². The quantitative estimate of drug-likeness (QED) is 0.812. The second-order valence-corrected chi connectivity index (χ2v) is 6.69. The molecule has 1 aromatic rings. The summed E-state index contributed by atoms with van der Waals surface area (Å²) in [5.41, 5.74) is 8.81. The Labute approximate surface area is 113 Å². The van der Waals surface area contributed by atoms with Gasteiger partial charge in [-0.25, -0.2) is 8.42 Å². The number of rotatable bonds is 5. The standard InChI is InChI=1S/C13H19NO4S/c1-9-4-5-11(6-10(9)2)12(14)7-19(16,17)8-13(15)18-3/h4-6,12H,7-8,14H2,1-3H3. The van der Waals surface area contributed by atoms with E-state index in [1.807, 2.05) is 26.0 Å². The SMILES string of the molecule is COC(=O)CS(=O)(=O)CC(N)c1ccc(C)c(C)c1. The first kappa shape index (κ1) is 15.7. The minimum atomic E-state index is -3.56. The molecule has 0 aliphatic heterocycles. The van der Waals surface area contributed by atoms with Crippen molar-refractivity contribution in [1.29, 1.82) is 0 Å². The maximum Gasteiger partial charge on any atom is 0.320 e. The Morgan fingerprint density at radius 3 is 2.47 bits per heavy atom. The Morgan fingerprint density at radius 2 is 1.95 bits per heavy atom. The molecule has 1 unspecified atom stereocenters. The van der Waals surface area contributed by atoms with E-state index in [2.05, 4.69) is 4.74 Å². The van der Waals surface area contributed by atoms with Gasteiger partial charge in [-0.15, -0.1) is 0 Å². The highest BCUT2D eigenvalue weighted by molar-refractivity contribution is 7.92. The van der Waals surface area contributed by atoms with E-state index in [0.29, 0.717) is 0 Å². The summed E-state index contributed by atoms with van der Waals surface area (Å²) in [6.45, 7) is 3.91. The summed E-state index contributed by atoms with van der Waals surface area (Å²) in [4.78, 5) is 11.0. The summed E-state index contributed by atoms with van der Waals surface area (Å²) in [7, 11) is -2.41. The molecule has 0 aliphatic rings. The highest BCUT2D eigenvalue weighted by Crippen LogP contribution is 2.17. The second-order valence-electron chi connectivity index (χ2n) is 4.58. The number of esters is 1. The number of hydrogen-bond donors (Lipinski definition) is 1. The van der Waals surface area contributed by atoms with Crippen LogP contribution in [0, 0.1) is 13.8 Å². The zero-order valence-corrected chi connectivity index (χ0v) is 12.2. The third-order valence-electron chi connectivity index (χ3n) is 2.96. The average molecular weight is 285 g/mol. The van der Waals surface area contributed by atoms with Crippen LogP contribution in [-0.2, 0) is 19.4 Å². The molecule has 0 saturated heterocycles. The maximum absolute atomic E-state index is 11.8. The zero-order chi connectivity index (χ0) is 14.6. The highest BCUT2D eigenvalue weighted by atomic mass is 32.2. The van der Waals surface area contributed by atoms with Crippen molar-refractivity contribution in [3.63, 3.8) is 0 Å². The molecule has 106 valence electrons. The molecule has 1 aromatic carbocycles. The molecule has 0 amide bonds. The Bertz CT molecular complexity index is 566. The van der Waals surface area contributed by atoms with Gasteiger partial charge in [-0.3, -0.25) is 4.79 Å². The summed E-state index contributed by atoms with van der Waals surface area (Å²) >= 11 is 0. The minimum Gasteiger partial charge on any atom is -0.468 e. The fourth-order valence-electron chi connectivity index (χ4n) is 1.66. The number of carbonyl (C=O) groups excluding carboxylic acids is 1. The van der Waals surface area contributed by atoms with Crippen molar-refractivity contribution in [3.05, 3.63) is 34.9 Å². The van der Waals surface area contributed by atoms with Crippen LogP contribution in [0.1, 0.15) is 22.7 Å². The average Bonchev–Trinajstić information content (AvgIpc) is 2.31. The predicted molar refractivity (Wildman–Crippen MR) is 73.5 cm³/mol. The third-order valence-corrected chi connectivity index (χ3v) is 4.50. The molecule has 0 bridgehead atoms. The lowest BCUT2D eigenvalue weighted by Crippen LogP contribution is -2.27. The van der Waals surface area contributed by atoms with Crippen LogP contribution in [-0.4, -0.2) is 33.0 Å². The van der Waals surface area contributed by atoms with Gasteiger partial charge in [0.05, 0.1) is 12.9 Å². The van der Waals surface area contributed by atoms with Crippen LogP contribution in [0.25, 0.3) is 0 Å². The predicted octanol–water partition coefficient (Wildman–Crippen LogP) is 0.891. The monoisotopic (exact) mass is 285 g/mol. The number of nitrogens with two attached hydrogens (primary N) is 1. The Morgan fingerprint density at radius 1 is 1.32 bits per heavy atom. The first-order valence-electron chi connectivity index (χ1n) is 5.85. The molecule has 0 spiro atoms. The Balaban J connectivity index is 2.81. The van der Waals surface area contributed by atoms with Gasteiger partial charge in [0.1, 0.15) is 5.75 Å². The Kier molecular flexibility index (Phi) is 5.08. The van der Waals surface area contributed by atoms with E-state index in [-0.39, 0.29) is 5.75 Å². The van der Waals surface area contributed by atoms with Crippen LogP contribution in [0.2, 0.25) is 0 Å². The van der Waals surface area contributed by atoms with Gasteiger partial charge >= 0.3 is 5.97 Å². The fraction of sp³-hybridized carbons (Fsp3) is 0.462. The van der Waals surface area contributed by atoms with Gasteiger partial charge in [0.15, 0.2) is 9.84 Å². The molecule has 0 radical (unpaired) electrons. The van der Waals surface area contributed by atoms with Crippen molar-refractivity contribution in [2.24, 2.45) is 5.73 Å². The molecule has 0 aromatic heterocycles. The van der Waals surface area contributed by atoms with Gasteiger partial charge in [0.2, 0.25) is 0 Å². The molecular formula is C13H19NO4S. The van der Waals surface area contributed by atoms with Crippen LogP contribution in [0.3, 0.4) is 0 Å². The van der Waals surface area contributed by atoms with Gasteiger partial charge in [-0.1, -0.05) is 18.2 Å². The van der Waals surface area contributed by atoms with Crippen molar-refractivity contribution < 1.29 is 17.9 Å². The largest absolute Gasteiger partial charge is 0.468 e.